The summed E-state index contributed by atoms with van der Waals surface area (Å²) in [6.45, 7) is 1.74. The molecule has 2 aromatic heterocycles. The van der Waals surface area contributed by atoms with E-state index in [9.17, 15) is 9.59 Å². The number of carbonyl (C=O) groups is 2. The zero-order valence-electron chi connectivity index (χ0n) is 11.7. The summed E-state index contributed by atoms with van der Waals surface area (Å²) in [7, 11) is 4.64. The number of carbonyl (C=O) groups excluding carboxylic acids is 2. The third-order valence-corrected chi connectivity index (χ3v) is 2.71. The lowest BCUT2D eigenvalue weighted by atomic mass is 10.2. The second kappa shape index (κ2) is 5.16. The maximum absolute atomic E-state index is 12.2. The molecule has 2 aromatic rings. The van der Waals surface area contributed by atoms with E-state index in [0.29, 0.717) is 16.9 Å². The first kappa shape index (κ1) is 13.8. The van der Waals surface area contributed by atoms with E-state index in [1.807, 2.05) is 0 Å². The Morgan fingerprint density at radius 3 is 2.40 bits per heavy atom. The van der Waals surface area contributed by atoms with E-state index in [4.69, 9.17) is 0 Å². The average Bonchev–Trinajstić information content (AvgIpc) is 2.91. The second-order valence-corrected chi connectivity index (χ2v) is 4.31. The fraction of sp³-hybridized carbons (Fsp3) is 0.333. The number of aromatic nitrogens is 4. The molecule has 0 saturated carbocycles. The van der Waals surface area contributed by atoms with Crippen molar-refractivity contribution in [1.82, 2.24) is 19.6 Å². The number of aryl methyl sites for hydroxylation is 3. The van der Waals surface area contributed by atoms with Gasteiger partial charge in [0.05, 0.1) is 24.1 Å². The maximum Gasteiger partial charge on any atom is 0.360 e. The van der Waals surface area contributed by atoms with E-state index >= 15 is 0 Å². The molecule has 0 aromatic carbocycles. The fourth-order valence-electron chi connectivity index (χ4n) is 1.84. The molecule has 8 nitrogen and oxygen atoms in total. The predicted molar refractivity (Wildman–Crippen MR) is 70.4 cm³/mol. The van der Waals surface area contributed by atoms with Gasteiger partial charge in [-0.3, -0.25) is 14.2 Å². The fourth-order valence-corrected chi connectivity index (χ4v) is 1.84. The first-order valence-corrected chi connectivity index (χ1v) is 5.86. The molecule has 8 heteroatoms. The van der Waals surface area contributed by atoms with Crippen LogP contribution >= 0.6 is 0 Å². The first-order valence-electron chi connectivity index (χ1n) is 5.86. The van der Waals surface area contributed by atoms with Gasteiger partial charge >= 0.3 is 5.97 Å². The Balaban J connectivity index is 2.28. The predicted octanol–water partition coefficient (Wildman–Crippen LogP) is 0.501. The molecule has 0 atom stereocenters. The summed E-state index contributed by atoms with van der Waals surface area (Å²) in [6, 6.07) is 0. The van der Waals surface area contributed by atoms with E-state index in [2.05, 4.69) is 20.3 Å². The van der Waals surface area contributed by atoms with Gasteiger partial charge in [0.1, 0.15) is 0 Å². The van der Waals surface area contributed by atoms with Crippen LogP contribution in [-0.4, -0.2) is 38.5 Å². The number of esters is 1. The van der Waals surface area contributed by atoms with Crippen LogP contribution in [-0.2, 0) is 18.8 Å². The topological polar surface area (TPSA) is 91.0 Å². The number of nitrogens with one attached hydrogen (secondary N) is 1. The third kappa shape index (κ3) is 2.53. The van der Waals surface area contributed by atoms with Gasteiger partial charge < -0.3 is 10.1 Å². The minimum absolute atomic E-state index is 0.0601. The Hall–Kier alpha value is -2.64. The second-order valence-electron chi connectivity index (χ2n) is 4.31. The summed E-state index contributed by atoms with van der Waals surface area (Å²) in [5.41, 5.74) is 1.40. The van der Waals surface area contributed by atoms with Gasteiger partial charge in [0.15, 0.2) is 5.69 Å². The Labute approximate surface area is 115 Å². The molecule has 0 aliphatic carbocycles. The highest BCUT2D eigenvalue weighted by atomic mass is 16.5. The normalized spacial score (nSPS) is 10.4. The summed E-state index contributed by atoms with van der Waals surface area (Å²) in [4.78, 5) is 23.7. The molecule has 0 aliphatic rings. The van der Waals surface area contributed by atoms with Crippen molar-refractivity contribution in [1.29, 1.82) is 0 Å². The van der Waals surface area contributed by atoms with Crippen LogP contribution in [0.4, 0.5) is 5.69 Å². The zero-order chi connectivity index (χ0) is 14.9. The van der Waals surface area contributed by atoms with Gasteiger partial charge in [-0.15, -0.1) is 0 Å². The molecule has 2 heterocycles. The van der Waals surface area contributed by atoms with Gasteiger partial charge in [-0.05, 0) is 6.92 Å². The van der Waals surface area contributed by atoms with Crippen LogP contribution in [0.15, 0.2) is 12.4 Å². The number of anilines is 1. The van der Waals surface area contributed by atoms with Crippen molar-refractivity contribution in [3.05, 3.63) is 29.3 Å². The minimum Gasteiger partial charge on any atom is -0.464 e. The average molecular weight is 277 g/mol. The van der Waals surface area contributed by atoms with Crippen LogP contribution in [0.25, 0.3) is 0 Å². The summed E-state index contributed by atoms with van der Waals surface area (Å²) >= 11 is 0. The molecule has 0 saturated heterocycles. The van der Waals surface area contributed by atoms with Crippen molar-refractivity contribution in [3.8, 4) is 0 Å². The molecular weight excluding hydrogens is 262 g/mol. The van der Waals surface area contributed by atoms with Crippen molar-refractivity contribution < 1.29 is 14.3 Å². The lowest BCUT2D eigenvalue weighted by molar-refractivity contribution is 0.0594. The molecule has 0 aliphatic heterocycles. The molecule has 0 unspecified atom stereocenters. The summed E-state index contributed by atoms with van der Waals surface area (Å²) in [5.74, 6) is -0.961. The third-order valence-electron chi connectivity index (χ3n) is 2.71. The van der Waals surface area contributed by atoms with Crippen LogP contribution in [0, 0.1) is 6.92 Å². The van der Waals surface area contributed by atoms with E-state index in [0.717, 1.165) is 0 Å². The first-order chi connectivity index (χ1) is 9.42. The molecule has 0 fully saturated rings. The lowest BCUT2D eigenvalue weighted by Crippen LogP contribution is -2.15. The summed E-state index contributed by atoms with van der Waals surface area (Å²) in [5, 5.41) is 10.7. The van der Waals surface area contributed by atoms with E-state index in [1.54, 1.807) is 31.9 Å². The van der Waals surface area contributed by atoms with Crippen LogP contribution in [0.3, 0.4) is 0 Å². The van der Waals surface area contributed by atoms with Crippen LogP contribution in [0.1, 0.15) is 26.5 Å². The van der Waals surface area contributed by atoms with E-state index < -0.39 is 5.97 Å². The molecule has 1 amide bonds. The van der Waals surface area contributed by atoms with E-state index in [-0.39, 0.29) is 11.6 Å². The maximum atomic E-state index is 12.2. The van der Waals surface area contributed by atoms with E-state index in [1.165, 1.54) is 18.0 Å². The molecular formula is C12H15N5O3. The number of methoxy groups -OCH3 is 1. The van der Waals surface area contributed by atoms with Gasteiger partial charge in [-0.25, -0.2) is 4.79 Å². The van der Waals surface area contributed by atoms with Gasteiger partial charge in [0.25, 0.3) is 5.91 Å². The largest absolute Gasteiger partial charge is 0.464 e. The number of hydrogen-bond acceptors (Lipinski definition) is 5. The van der Waals surface area contributed by atoms with Crippen LogP contribution < -0.4 is 5.32 Å². The number of rotatable bonds is 3. The van der Waals surface area contributed by atoms with Gasteiger partial charge in [-0.1, -0.05) is 0 Å². The Morgan fingerprint density at radius 1 is 1.20 bits per heavy atom. The van der Waals surface area contributed by atoms with Crippen molar-refractivity contribution in [2.45, 2.75) is 6.92 Å². The van der Waals surface area contributed by atoms with Crippen LogP contribution in [0.5, 0.6) is 0 Å². The highest BCUT2D eigenvalue weighted by molar-refractivity contribution is 6.07. The van der Waals surface area contributed by atoms with Gasteiger partial charge in [0, 0.05) is 26.5 Å². The Bertz CT molecular complexity index is 671. The lowest BCUT2D eigenvalue weighted by Gasteiger charge is -2.03. The van der Waals surface area contributed by atoms with Crippen molar-refractivity contribution >= 4 is 17.6 Å². The Morgan fingerprint density at radius 2 is 1.85 bits per heavy atom. The SMILES string of the molecule is COC(=O)c1nn(C)cc1NC(=O)c1cn(C)nc1C. The Kier molecular flexibility index (Phi) is 3.55. The standard InChI is InChI=1S/C12H15N5O3/c1-7-8(5-16(2)14-7)11(18)13-9-6-17(3)15-10(9)12(19)20-4/h5-6H,1-4H3,(H,13,18). The molecule has 2 rings (SSSR count). The zero-order valence-corrected chi connectivity index (χ0v) is 11.7. The molecule has 20 heavy (non-hydrogen) atoms. The molecule has 0 bridgehead atoms. The highest BCUT2D eigenvalue weighted by Crippen LogP contribution is 2.16. The molecule has 0 spiro atoms. The van der Waals surface area contributed by atoms with Gasteiger partial charge in [0.2, 0.25) is 0 Å². The number of nitrogens with zero attached hydrogens (tertiary/aromatic N) is 4. The number of hydrogen-bond donors (Lipinski definition) is 1. The highest BCUT2D eigenvalue weighted by Gasteiger charge is 2.20. The quantitative estimate of drug-likeness (QED) is 0.825. The summed E-state index contributed by atoms with van der Waals surface area (Å²) < 4.78 is 7.60. The van der Waals surface area contributed by atoms with Gasteiger partial charge in [-0.2, -0.15) is 10.2 Å². The smallest absolute Gasteiger partial charge is 0.360 e. The van der Waals surface area contributed by atoms with Crippen molar-refractivity contribution in [2.75, 3.05) is 12.4 Å². The number of amides is 1. The molecule has 1 N–H and O–H groups in total. The molecule has 106 valence electrons. The van der Waals surface area contributed by atoms with Crippen molar-refractivity contribution in [2.24, 2.45) is 14.1 Å². The van der Waals surface area contributed by atoms with Crippen molar-refractivity contribution in [3.63, 3.8) is 0 Å². The molecule has 0 radical (unpaired) electrons. The summed E-state index contributed by atoms with van der Waals surface area (Å²) in [6.07, 6.45) is 3.15. The van der Waals surface area contributed by atoms with Crippen LogP contribution in [0.2, 0.25) is 0 Å². The number of ether oxygens (including phenoxy) is 1. The monoisotopic (exact) mass is 277 g/mol. The minimum atomic E-state index is -0.608.